The fourth-order valence-electron chi connectivity index (χ4n) is 2.10. The Morgan fingerprint density at radius 1 is 1.07 bits per heavy atom. The molecule has 0 radical (unpaired) electrons. The van der Waals surface area contributed by atoms with Crippen LogP contribution in [0.25, 0.3) is 0 Å². The number of halogens is 1. The van der Waals surface area contributed by atoms with Crippen LogP contribution in [0.3, 0.4) is 0 Å². The molecule has 0 aliphatic carbocycles. The number of benzene rings is 2. The van der Waals surface area contributed by atoms with Gasteiger partial charge < -0.3 is 20.8 Å². The summed E-state index contributed by atoms with van der Waals surface area (Å²) in [5, 5.41) is 23.8. The molecule has 0 heterocycles. The molecule has 29 heavy (non-hydrogen) atoms. The van der Waals surface area contributed by atoms with Crippen LogP contribution in [0, 0.1) is 5.82 Å². The Bertz CT molecular complexity index is 829. The maximum atomic E-state index is 13.0. The zero-order valence-corrected chi connectivity index (χ0v) is 16.9. The highest BCUT2D eigenvalue weighted by molar-refractivity contribution is 7.97. The Hall–Kier alpha value is -2.46. The second-order valence-electron chi connectivity index (χ2n) is 6.98. The normalized spacial score (nSPS) is 12.3. The number of rotatable bonds is 9. The van der Waals surface area contributed by atoms with E-state index < -0.39 is 35.8 Å². The highest BCUT2D eigenvalue weighted by atomic mass is 32.2. The molecule has 156 valence electrons. The van der Waals surface area contributed by atoms with Gasteiger partial charge in [-0.1, -0.05) is 0 Å². The lowest BCUT2D eigenvalue weighted by Crippen LogP contribution is -2.46. The van der Waals surface area contributed by atoms with Crippen LogP contribution in [-0.2, 0) is 4.79 Å². The molecule has 0 saturated heterocycles. The van der Waals surface area contributed by atoms with E-state index in [4.69, 9.17) is 0 Å². The number of nitrogens with one attached hydrogen (secondary N) is 3. The lowest BCUT2D eigenvalue weighted by molar-refractivity contribution is -0.118. The average Bonchev–Trinajstić information content (AvgIpc) is 2.71. The number of amides is 2. The van der Waals surface area contributed by atoms with Crippen LogP contribution < -0.4 is 15.4 Å². The van der Waals surface area contributed by atoms with Gasteiger partial charge in [-0.25, -0.2) is 4.39 Å². The van der Waals surface area contributed by atoms with Crippen molar-refractivity contribution in [1.29, 1.82) is 0 Å². The van der Waals surface area contributed by atoms with Crippen molar-refractivity contribution < 1.29 is 24.2 Å². The summed E-state index contributed by atoms with van der Waals surface area (Å²) in [4.78, 5) is 25.4. The predicted molar refractivity (Wildman–Crippen MR) is 110 cm³/mol. The number of anilines is 1. The lowest BCUT2D eigenvalue weighted by Gasteiger charge is -2.22. The molecular formula is C20H24FN3O4S. The summed E-state index contributed by atoms with van der Waals surface area (Å²) >= 11 is 1.35. The van der Waals surface area contributed by atoms with Gasteiger partial charge in [0.05, 0.1) is 13.2 Å². The van der Waals surface area contributed by atoms with Crippen LogP contribution in [0.1, 0.15) is 24.2 Å². The van der Waals surface area contributed by atoms with Crippen LogP contribution in [0.2, 0.25) is 0 Å². The summed E-state index contributed by atoms with van der Waals surface area (Å²) in [5.41, 5.74) is 0.238. The maximum Gasteiger partial charge on any atom is 0.251 e. The Kier molecular flexibility index (Phi) is 8.15. The van der Waals surface area contributed by atoms with Gasteiger partial charge in [-0.3, -0.25) is 14.3 Å². The molecule has 0 spiro atoms. The van der Waals surface area contributed by atoms with E-state index in [-0.39, 0.29) is 12.2 Å². The zero-order chi connectivity index (χ0) is 21.4. The summed E-state index contributed by atoms with van der Waals surface area (Å²) < 4.78 is 16.1. The van der Waals surface area contributed by atoms with Crippen molar-refractivity contribution in [2.75, 3.05) is 18.5 Å². The van der Waals surface area contributed by atoms with Crippen LogP contribution in [0.5, 0.6) is 0 Å². The van der Waals surface area contributed by atoms with Gasteiger partial charge in [-0.05, 0) is 74.3 Å². The molecule has 2 amide bonds. The summed E-state index contributed by atoms with van der Waals surface area (Å²) in [6.07, 6.45) is 0. The summed E-state index contributed by atoms with van der Waals surface area (Å²) in [6.45, 7) is 3.13. The smallest absolute Gasteiger partial charge is 0.251 e. The van der Waals surface area contributed by atoms with E-state index in [1.54, 1.807) is 24.3 Å². The number of hydrogen-bond acceptors (Lipinski definition) is 6. The van der Waals surface area contributed by atoms with Gasteiger partial charge in [-0.15, -0.1) is 0 Å². The SMILES string of the molecule is CC(C)(CO)NSc1ccc(NC(=O)C(CO)NC(=O)c2ccc(F)cc2)cc1. The lowest BCUT2D eigenvalue weighted by atomic mass is 10.1. The monoisotopic (exact) mass is 421 g/mol. The number of aliphatic hydroxyl groups excluding tert-OH is 2. The van der Waals surface area contributed by atoms with E-state index >= 15 is 0 Å². The molecule has 1 unspecified atom stereocenters. The summed E-state index contributed by atoms with van der Waals surface area (Å²) in [7, 11) is 0. The van der Waals surface area contributed by atoms with Crippen molar-refractivity contribution in [3.8, 4) is 0 Å². The number of carbonyl (C=O) groups excluding carboxylic acids is 2. The summed E-state index contributed by atoms with van der Waals surface area (Å²) in [5.74, 6) is -1.65. The first-order chi connectivity index (χ1) is 13.7. The largest absolute Gasteiger partial charge is 0.394 e. The molecule has 0 aliphatic rings. The zero-order valence-electron chi connectivity index (χ0n) is 16.1. The van der Waals surface area contributed by atoms with Crippen molar-refractivity contribution in [2.45, 2.75) is 30.3 Å². The number of hydrogen-bond donors (Lipinski definition) is 5. The van der Waals surface area contributed by atoms with E-state index in [9.17, 15) is 24.2 Å². The quantitative estimate of drug-likeness (QED) is 0.396. The molecule has 0 bridgehead atoms. The van der Waals surface area contributed by atoms with Gasteiger partial charge in [0, 0.05) is 21.7 Å². The molecule has 0 aromatic heterocycles. The van der Waals surface area contributed by atoms with Gasteiger partial charge in [0.25, 0.3) is 5.91 Å². The number of aliphatic hydroxyl groups is 2. The maximum absolute atomic E-state index is 13.0. The molecule has 2 aromatic rings. The highest BCUT2D eigenvalue weighted by Crippen LogP contribution is 2.20. The van der Waals surface area contributed by atoms with Crippen LogP contribution >= 0.6 is 11.9 Å². The van der Waals surface area contributed by atoms with Crippen molar-refractivity contribution in [3.63, 3.8) is 0 Å². The topological polar surface area (TPSA) is 111 Å². The molecule has 5 N–H and O–H groups in total. The van der Waals surface area contributed by atoms with Crippen LogP contribution in [0.15, 0.2) is 53.4 Å². The third kappa shape index (κ3) is 7.13. The van der Waals surface area contributed by atoms with E-state index in [1.807, 2.05) is 13.8 Å². The first-order valence-corrected chi connectivity index (χ1v) is 9.69. The average molecular weight is 421 g/mol. The fourth-order valence-corrected chi connectivity index (χ4v) is 2.83. The Balaban J connectivity index is 1.93. The second-order valence-corrected chi connectivity index (χ2v) is 7.85. The molecular weight excluding hydrogens is 397 g/mol. The molecule has 2 aromatic carbocycles. The minimum absolute atomic E-state index is 0.0136. The molecule has 0 aliphatic heterocycles. The molecule has 2 rings (SSSR count). The molecule has 1 atom stereocenters. The molecule has 9 heteroatoms. The van der Waals surface area contributed by atoms with Crippen molar-refractivity contribution in [3.05, 3.63) is 59.9 Å². The highest BCUT2D eigenvalue weighted by Gasteiger charge is 2.21. The third-order valence-corrected chi connectivity index (χ3v) is 5.04. The van der Waals surface area contributed by atoms with Gasteiger partial charge in [0.1, 0.15) is 11.9 Å². The first-order valence-electron chi connectivity index (χ1n) is 8.87. The molecule has 7 nitrogen and oxygen atoms in total. The van der Waals surface area contributed by atoms with Gasteiger partial charge in [0.15, 0.2) is 0 Å². The van der Waals surface area contributed by atoms with Crippen LogP contribution in [-0.4, -0.2) is 46.8 Å². The van der Waals surface area contributed by atoms with Crippen molar-refractivity contribution in [2.24, 2.45) is 0 Å². The van der Waals surface area contributed by atoms with Crippen LogP contribution in [0.4, 0.5) is 10.1 Å². The standard InChI is InChI=1S/C20H24FN3O4S/c1-20(2,12-26)24-29-16-9-7-15(8-10-16)22-19(28)17(11-25)23-18(27)13-3-5-14(21)6-4-13/h3-10,17,24-26H,11-12H2,1-2H3,(H,22,28)(H,23,27). The van der Waals surface area contributed by atoms with Gasteiger partial charge in [-0.2, -0.15) is 0 Å². The van der Waals surface area contributed by atoms with Gasteiger partial charge >= 0.3 is 0 Å². The van der Waals surface area contributed by atoms with E-state index in [0.717, 1.165) is 17.0 Å². The van der Waals surface area contributed by atoms with Crippen molar-refractivity contribution in [1.82, 2.24) is 10.0 Å². The van der Waals surface area contributed by atoms with E-state index in [2.05, 4.69) is 15.4 Å². The fraction of sp³-hybridized carbons (Fsp3) is 0.300. The van der Waals surface area contributed by atoms with Crippen molar-refractivity contribution >= 4 is 29.4 Å². The minimum Gasteiger partial charge on any atom is -0.394 e. The minimum atomic E-state index is -1.16. The molecule has 0 fully saturated rings. The third-order valence-electron chi connectivity index (χ3n) is 3.87. The Labute approximate surface area is 172 Å². The summed E-state index contributed by atoms with van der Waals surface area (Å²) in [6, 6.07) is 10.6. The second kappa shape index (κ2) is 10.4. The van der Waals surface area contributed by atoms with E-state index in [1.165, 1.54) is 24.1 Å². The Morgan fingerprint density at radius 2 is 1.69 bits per heavy atom. The predicted octanol–water partition coefficient (Wildman–Crippen LogP) is 1.92. The van der Waals surface area contributed by atoms with E-state index in [0.29, 0.717) is 5.69 Å². The Morgan fingerprint density at radius 3 is 2.24 bits per heavy atom. The number of carbonyl (C=O) groups is 2. The van der Waals surface area contributed by atoms with Gasteiger partial charge in [0.2, 0.25) is 5.91 Å². The molecule has 0 saturated carbocycles. The first kappa shape index (κ1) is 22.8.